The summed E-state index contributed by atoms with van der Waals surface area (Å²) in [6, 6.07) is 10.8. The minimum Gasteiger partial charge on any atom is -0.462 e. The predicted molar refractivity (Wildman–Crippen MR) is 131 cm³/mol. The number of hydrogen-bond acceptors (Lipinski definition) is 6. The molecule has 3 rings (SSSR count). The van der Waals surface area contributed by atoms with Crippen LogP contribution in [0.1, 0.15) is 27.7 Å². The number of amides is 1. The first-order valence-electron chi connectivity index (χ1n) is 9.70. The fourth-order valence-electron chi connectivity index (χ4n) is 3.07. The van der Waals surface area contributed by atoms with Crippen LogP contribution in [0.15, 0.2) is 48.5 Å². The third-order valence-electron chi connectivity index (χ3n) is 4.54. The molecule has 0 aliphatic carbocycles. The van der Waals surface area contributed by atoms with Crippen molar-refractivity contribution in [3.63, 3.8) is 0 Å². The number of thiophene rings is 1. The quantitative estimate of drug-likeness (QED) is 0.165. The highest BCUT2D eigenvalue weighted by atomic mass is 35.5. The number of hydrogen-bond donors (Lipinski definition) is 1. The molecule has 0 bridgehead atoms. The van der Waals surface area contributed by atoms with Gasteiger partial charge < -0.3 is 10.1 Å². The first kappa shape index (κ1) is 24.4. The summed E-state index contributed by atoms with van der Waals surface area (Å²) in [6.45, 7) is 3.63. The maximum absolute atomic E-state index is 12.8. The molecule has 170 valence electrons. The van der Waals surface area contributed by atoms with Crippen molar-refractivity contribution in [2.45, 2.75) is 13.8 Å². The molecule has 0 aliphatic heterocycles. The number of anilines is 1. The predicted octanol–water partition coefficient (Wildman–Crippen LogP) is 6.77. The van der Waals surface area contributed by atoms with Crippen LogP contribution < -0.4 is 5.32 Å². The van der Waals surface area contributed by atoms with Gasteiger partial charge >= 0.3 is 5.97 Å². The largest absolute Gasteiger partial charge is 0.462 e. The Morgan fingerprint density at radius 1 is 1.15 bits per heavy atom. The van der Waals surface area contributed by atoms with Crippen molar-refractivity contribution < 1.29 is 19.2 Å². The monoisotopic (exact) mass is 504 g/mol. The minimum atomic E-state index is -0.598. The molecule has 0 unspecified atom stereocenters. The molecule has 0 aliphatic rings. The van der Waals surface area contributed by atoms with Crippen molar-refractivity contribution in [3.8, 4) is 11.1 Å². The fraction of sp³-hybridized carbons (Fsp3) is 0.130. The Morgan fingerprint density at radius 3 is 2.45 bits per heavy atom. The summed E-state index contributed by atoms with van der Waals surface area (Å²) < 4.78 is 5.20. The van der Waals surface area contributed by atoms with Gasteiger partial charge in [0.05, 0.1) is 21.6 Å². The number of ether oxygens (including phenoxy) is 1. The highest BCUT2D eigenvalue weighted by Gasteiger charge is 2.25. The molecule has 0 saturated carbocycles. The van der Waals surface area contributed by atoms with E-state index in [1.54, 1.807) is 50.3 Å². The number of nitro benzene ring substituents is 1. The van der Waals surface area contributed by atoms with Crippen molar-refractivity contribution >= 4 is 63.2 Å². The van der Waals surface area contributed by atoms with Gasteiger partial charge in [-0.3, -0.25) is 14.9 Å². The van der Waals surface area contributed by atoms with Crippen molar-refractivity contribution in [2.24, 2.45) is 0 Å². The van der Waals surface area contributed by atoms with E-state index >= 15 is 0 Å². The molecule has 3 aromatic rings. The molecule has 0 fully saturated rings. The van der Waals surface area contributed by atoms with Crippen LogP contribution in [0.25, 0.3) is 17.2 Å². The smallest absolute Gasteiger partial charge is 0.341 e. The zero-order valence-electron chi connectivity index (χ0n) is 17.6. The highest BCUT2D eigenvalue weighted by molar-refractivity contribution is 7.17. The average Bonchev–Trinajstić information content (AvgIpc) is 3.10. The Bertz CT molecular complexity index is 1250. The Balaban J connectivity index is 1.94. The molecule has 1 amide bonds. The standard InChI is InChI=1S/C23H18Cl2N2O5S/c1-3-32-23(29)21-20(15-6-8-16(9-7-15)27(30)31)13(2)33-22(21)26-19(28)11-5-14-4-10-17(24)18(25)12-14/h4-12H,3H2,1-2H3,(H,26,28)/b11-5+. The summed E-state index contributed by atoms with van der Waals surface area (Å²) in [5.41, 5.74) is 1.97. The van der Waals surface area contributed by atoms with Gasteiger partial charge in [0.1, 0.15) is 10.6 Å². The first-order valence-corrected chi connectivity index (χ1v) is 11.3. The molecular formula is C23H18Cl2N2O5S. The SMILES string of the molecule is CCOC(=O)c1c(NC(=O)/C=C/c2ccc(Cl)c(Cl)c2)sc(C)c1-c1ccc([N+](=O)[O-])cc1. The Labute approximate surface area is 203 Å². The van der Waals surface area contributed by atoms with E-state index in [0.29, 0.717) is 31.7 Å². The second-order valence-corrected chi connectivity index (χ2v) is 8.80. The lowest BCUT2D eigenvalue weighted by Gasteiger charge is -2.08. The van der Waals surface area contributed by atoms with E-state index in [-0.39, 0.29) is 17.9 Å². The topological polar surface area (TPSA) is 98.5 Å². The van der Waals surface area contributed by atoms with Crippen molar-refractivity contribution in [3.05, 3.63) is 84.7 Å². The number of carbonyl (C=O) groups is 2. The lowest BCUT2D eigenvalue weighted by Crippen LogP contribution is -2.12. The molecule has 0 radical (unpaired) electrons. The molecule has 0 spiro atoms. The van der Waals surface area contributed by atoms with Crippen molar-refractivity contribution in [1.82, 2.24) is 0 Å². The number of aryl methyl sites for hydroxylation is 1. The molecule has 7 nitrogen and oxygen atoms in total. The van der Waals surface area contributed by atoms with Gasteiger partial charge in [0.2, 0.25) is 5.91 Å². The van der Waals surface area contributed by atoms with Gasteiger partial charge in [-0.05, 0) is 55.3 Å². The third-order valence-corrected chi connectivity index (χ3v) is 6.30. The van der Waals surface area contributed by atoms with Crippen LogP contribution >= 0.6 is 34.5 Å². The average molecular weight is 505 g/mol. The maximum atomic E-state index is 12.8. The normalized spacial score (nSPS) is 10.9. The van der Waals surface area contributed by atoms with Gasteiger partial charge in [0.25, 0.3) is 5.69 Å². The molecule has 1 heterocycles. The molecule has 2 aromatic carbocycles. The number of non-ortho nitro benzene ring substituents is 1. The van der Waals surface area contributed by atoms with Gasteiger partial charge in [0.15, 0.2) is 0 Å². The number of esters is 1. The zero-order chi connectivity index (χ0) is 24.1. The van der Waals surface area contributed by atoms with Crippen LogP contribution in [0.4, 0.5) is 10.7 Å². The molecule has 0 saturated heterocycles. The maximum Gasteiger partial charge on any atom is 0.341 e. The van der Waals surface area contributed by atoms with E-state index < -0.39 is 16.8 Å². The summed E-state index contributed by atoms with van der Waals surface area (Å²) >= 11 is 13.1. The van der Waals surface area contributed by atoms with Gasteiger partial charge in [-0.15, -0.1) is 11.3 Å². The van der Waals surface area contributed by atoms with E-state index in [1.807, 2.05) is 0 Å². The third kappa shape index (κ3) is 5.78. The first-order chi connectivity index (χ1) is 15.7. The molecule has 1 aromatic heterocycles. The number of nitro groups is 1. The molecule has 1 N–H and O–H groups in total. The Morgan fingerprint density at radius 2 is 1.85 bits per heavy atom. The molecule has 10 heteroatoms. The number of nitrogens with zero attached hydrogens (tertiary/aromatic N) is 1. The zero-order valence-corrected chi connectivity index (χ0v) is 19.9. The van der Waals surface area contributed by atoms with E-state index in [0.717, 1.165) is 4.88 Å². The molecular weight excluding hydrogens is 487 g/mol. The van der Waals surface area contributed by atoms with Gasteiger partial charge in [-0.2, -0.15) is 0 Å². The number of rotatable bonds is 7. The number of benzene rings is 2. The summed E-state index contributed by atoms with van der Waals surface area (Å²) in [4.78, 5) is 36.5. The lowest BCUT2D eigenvalue weighted by molar-refractivity contribution is -0.384. The van der Waals surface area contributed by atoms with Crippen LogP contribution in [-0.4, -0.2) is 23.4 Å². The second-order valence-electron chi connectivity index (χ2n) is 6.76. The van der Waals surface area contributed by atoms with Crippen molar-refractivity contribution in [1.29, 1.82) is 0 Å². The van der Waals surface area contributed by atoms with Gasteiger partial charge in [-0.25, -0.2) is 4.79 Å². The second kappa shape index (κ2) is 10.6. The van der Waals surface area contributed by atoms with Crippen LogP contribution in [0.3, 0.4) is 0 Å². The minimum absolute atomic E-state index is 0.0646. The lowest BCUT2D eigenvalue weighted by atomic mass is 10.0. The van der Waals surface area contributed by atoms with Crippen LogP contribution in [0.5, 0.6) is 0 Å². The van der Waals surface area contributed by atoms with Crippen LogP contribution in [0.2, 0.25) is 10.0 Å². The highest BCUT2D eigenvalue weighted by Crippen LogP contribution is 2.41. The summed E-state index contributed by atoms with van der Waals surface area (Å²) in [6.07, 6.45) is 2.88. The number of carbonyl (C=O) groups excluding carboxylic acids is 2. The Kier molecular flexibility index (Phi) is 7.86. The molecule has 33 heavy (non-hydrogen) atoms. The van der Waals surface area contributed by atoms with E-state index in [2.05, 4.69) is 5.32 Å². The number of halogens is 2. The van der Waals surface area contributed by atoms with E-state index in [4.69, 9.17) is 27.9 Å². The molecule has 0 atom stereocenters. The van der Waals surface area contributed by atoms with E-state index in [1.165, 1.54) is 29.5 Å². The van der Waals surface area contributed by atoms with Gasteiger partial charge in [-0.1, -0.05) is 29.3 Å². The van der Waals surface area contributed by atoms with Crippen molar-refractivity contribution in [2.75, 3.05) is 11.9 Å². The summed E-state index contributed by atoms with van der Waals surface area (Å²) in [7, 11) is 0. The van der Waals surface area contributed by atoms with E-state index in [9.17, 15) is 19.7 Å². The van der Waals surface area contributed by atoms with Crippen LogP contribution in [-0.2, 0) is 9.53 Å². The van der Waals surface area contributed by atoms with Gasteiger partial charge in [0, 0.05) is 28.6 Å². The Hall–Kier alpha value is -3.20. The van der Waals surface area contributed by atoms with Crippen LogP contribution in [0, 0.1) is 17.0 Å². The summed E-state index contributed by atoms with van der Waals surface area (Å²) in [5.74, 6) is -1.05. The summed E-state index contributed by atoms with van der Waals surface area (Å²) in [5, 5.41) is 14.8. The fourth-order valence-corrected chi connectivity index (χ4v) is 4.44. The number of nitrogens with one attached hydrogen (secondary N) is 1.